The van der Waals surface area contributed by atoms with Gasteiger partial charge in [0.05, 0.1) is 18.8 Å². The van der Waals surface area contributed by atoms with Crippen molar-refractivity contribution in [3.8, 4) is 11.4 Å². The molecule has 2 aliphatic heterocycles. The minimum atomic E-state index is 0.416. The van der Waals surface area contributed by atoms with Crippen molar-refractivity contribution in [1.29, 1.82) is 0 Å². The number of hydrogen-bond acceptors (Lipinski definition) is 4. The average Bonchev–Trinajstić information content (AvgIpc) is 3.24. The van der Waals surface area contributed by atoms with Crippen LogP contribution in [0.1, 0.15) is 43.5 Å². The van der Waals surface area contributed by atoms with Gasteiger partial charge in [-0.2, -0.15) is 5.10 Å². The summed E-state index contributed by atoms with van der Waals surface area (Å²) in [7, 11) is 1.69. The van der Waals surface area contributed by atoms with Crippen LogP contribution in [0.15, 0.2) is 18.2 Å². The second-order valence-corrected chi connectivity index (χ2v) is 7.19. The molecule has 1 aromatic carbocycles. The highest BCUT2D eigenvalue weighted by Gasteiger charge is 2.32. The number of halogens is 1. The third-order valence-electron chi connectivity index (χ3n) is 5.39. The molecule has 0 radical (unpaired) electrons. The second kappa shape index (κ2) is 6.89. The number of fused-ring (bicyclic) bond motifs is 1. The number of anilines is 1. The van der Waals surface area contributed by atoms with Crippen molar-refractivity contribution in [2.24, 2.45) is 0 Å². The maximum Gasteiger partial charge on any atom is 0.144 e. The first-order valence-electron chi connectivity index (χ1n) is 9.16. The Hall–Kier alpha value is -1.72. The van der Waals surface area contributed by atoms with Gasteiger partial charge in [-0.15, -0.1) is 0 Å². The zero-order valence-corrected chi connectivity index (χ0v) is 15.6. The van der Waals surface area contributed by atoms with E-state index in [1.165, 1.54) is 30.5 Å². The topological polar surface area (TPSA) is 42.3 Å². The third kappa shape index (κ3) is 2.89. The number of methoxy groups -OCH3 is 1. The van der Waals surface area contributed by atoms with E-state index in [4.69, 9.17) is 21.4 Å². The van der Waals surface area contributed by atoms with E-state index in [2.05, 4.69) is 17.1 Å². The highest BCUT2D eigenvalue weighted by molar-refractivity contribution is 6.30. The van der Waals surface area contributed by atoms with E-state index in [1.54, 1.807) is 7.11 Å². The van der Waals surface area contributed by atoms with Crippen molar-refractivity contribution in [3.63, 3.8) is 0 Å². The Balaban J connectivity index is 1.82. The average molecular weight is 361 g/mol. The number of aromatic nitrogens is 2. The number of piperidine rings is 1. The minimum absolute atomic E-state index is 0.416. The van der Waals surface area contributed by atoms with Gasteiger partial charge in [-0.1, -0.05) is 24.9 Å². The monoisotopic (exact) mass is 360 g/mol. The first kappa shape index (κ1) is 16.7. The van der Waals surface area contributed by atoms with Crippen LogP contribution in [0.2, 0.25) is 5.02 Å². The van der Waals surface area contributed by atoms with Gasteiger partial charge >= 0.3 is 0 Å². The molecular formula is C19H25ClN4O. The van der Waals surface area contributed by atoms with Gasteiger partial charge in [0, 0.05) is 17.1 Å². The van der Waals surface area contributed by atoms with Crippen LogP contribution >= 0.6 is 11.6 Å². The van der Waals surface area contributed by atoms with Crippen molar-refractivity contribution < 1.29 is 4.74 Å². The van der Waals surface area contributed by atoms with E-state index < -0.39 is 0 Å². The molecule has 1 N–H and O–H groups in total. The molecule has 1 atom stereocenters. The Kier molecular flexibility index (Phi) is 4.61. The number of likely N-dealkylation sites (tertiary alicyclic amines) is 1. The zero-order valence-electron chi connectivity index (χ0n) is 14.9. The van der Waals surface area contributed by atoms with Gasteiger partial charge in [0.25, 0.3) is 0 Å². The number of rotatable bonds is 4. The molecular weight excluding hydrogens is 336 g/mol. The minimum Gasteiger partial charge on any atom is -0.494 e. The Morgan fingerprint density at radius 2 is 2.24 bits per heavy atom. The third-order valence-corrected chi connectivity index (χ3v) is 5.62. The molecule has 0 saturated carbocycles. The SMILES string of the molecule is CCN1CCCCC1c1nn(-c2cc(Cl)ccc2OC)c2c1CCN2. The van der Waals surface area contributed by atoms with Crippen LogP contribution in [0.4, 0.5) is 5.82 Å². The molecule has 1 saturated heterocycles. The molecule has 25 heavy (non-hydrogen) atoms. The van der Waals surface area contributed by atoms with Gasteiger partial charge in [-0.05, 0) is 50.6 Å². The Morgan fingerprint density at radius 1 is 1.36 bits per heavy atom. The molecule has 1 unspecified atom stereocenters. The Morgan fingerprint density at radius 3 is 3.04 bits per heavy atom. The summed E-state index contributed by atoms with van der Waals surface area (Å²) >= 11 is 6.25. The normalized spacial score (nSPS) is 20.4. The standard InChI is InChI=1S/C19H25ClN4O/c1-3-23-11-5-4-6-15(23)18-14-9-10-21-19(14)24(22-18)16-12-13(20)7-8-17(16)25-2/h7-8,12,15,21H,3-6,9-11H2,1-2H3. The lowest BCUT2D eigenvalue weighted by molar-refractivity contribution is 0.153. The van der Waals surface area contributed by atoms with Crippen molar-refractivity contribution in [1.82, 2.24) is 14.7 Å². The van der Waals surface area contributed by atoms with E-state index in [0.717, 1.165) is 43.3 Å². The van der Waals surface area contributed by atoms with Crippen LogP contribution in [0.25, 0.3) is 5.69 Å². The molecule has 1 aromatic heterocycles. The predicted molar refractivity (Wildman–Crippen MR) is 101 cm³/mol. The van der Waals surface area contributed by atoms with Crippen molar-refractivity contribution in [2.75, 3.05) is 32.1 Å². The first-order chi connectivity index (χ1) is 12.2. The lowest BCUT2D eigenvalue weighted by Crippen LogP contribution is -2.34. The molecule has 1 fully saturated rings. The molecule has 0 aliphatic carbocycles. The fraction of sp³-hybridized carbons (Fsp3) is 0.526. The zero-order chi connectivity index (χ0) is 17.4. The van der Waals surface area contributed by atoms with E-state index in [1.807, 2.05) is 22.9 Å². The van der Waals surface area contributed by atoms with Crippen LogP contribution in [0.3, 0.4) is 0 Å². The summed E-state index contributed by atoms with van der Waals surface area (Å²) in [5, 5.41) is 9.25. The molecule has 0 bridgehead atoms. The van der Waals surface area contributed by atoms with Gasteiger partial charge in [0.1, 0.15) is 17.3 Å². The van der Waals surface area contributed by atoms with Gasteiger partial charge < -0.3 is 10.1 Å². The summed E-state index contributed by atoms with van der Waals surface area (Å²) in [6.45, 7) is 5.44. The molecule has 0 amide bonds. The van der Waals surface area contributed by atoms with Crippen LogP contribution in [0.5, 0.6) is 5.75 Å². The van der Waals surface area contributed by atoms with E-state index >= 15 is 0 Å². The molecule has 5 nitrogen and oxygen atoms in total. The van der Waals surface area contributed by atoms with Gasteiger partial charge in [0.15, 0.2) is 0 Å². The summed E-state index contributed by atoms with van der Waals surface area (Å²) in [6.07, 6.45) is 4.77. The van der Waals surface area contributed by atoms with Crippen LogP contribution < -0.4 is 10.1 Å². The smallest absolute Gasteiger partial charge is 0.144 e. The second-order valence-electron chi connectivity index (χ2n) is 6.76. The summed E-state index contributed by atoms with van der Waals surface area (Å²) in [5.41, 5.74) is 3.47. The molecule has 134 valence electrons. The van der Waals surface area contributed by atoms with Crippen molar-refractivity contribution >= 4 is 17.4 Å². The van der Waals surface area contributed by atoms with Gasteiger partial charge in [0.2, 0.25) is 0 Å². The highest BCUT2D eigenvalue weighted by Crippen LogP contribution is 2.39. The number of ether oxygens (including phenoxy) is 1. The molecule has 2 aliphatic rings. The fourth-order valence-electron chi connectivity index (χ4n) is 4.15. The van der Waals surface area contributed by atoms with E-state index in [0.29, 0.717) is 11.1 Å². The number of benzene rings is 1. The molecule has 4 rings (SSSR count). The first-order valence-corrected chi connectivity index (χ1v) is 9.54. The van der Waals surface area contributed by atoms with Crippen molar-refractivity contribution in [2.45, 2.75) is 38.6 Å². The predicted octanol–water partition coefficient (Wildman–Crippen LogP) is 4.05. The molecule has 6 heteroatoms. The van der Waals surface area contributed by atoms with Crippen LogP contribution in [-0.2, 0) is 6.42 Å². The van der Waals surface area contributed by atoms with Crippen LogP contribution in [0, 0.1) is 0 Å². The Bertz CT molecular complexity index is 773. The van der Waals surface area contributed by atoms with Crippen LogP contribution in [-0.4, -0.2) is 41.4 Å². The summed E-state index contributed by atoms with van der Waals surface area (Å²) < 4.78 is 7.54. The van der Waals surface area contributed by atoms with Gasteiger partial charge in [-0.3, -0.25) is 4.90 Å². The summed E-state index contributed by atoms with van der Waals surface area (Å²) in [6, 6.07) is 6.09. The van der Waals surface area contributed by atoms with Crippen molar-refractivity contribution in [3.05, 3.63) is 34.5 Å². The lowest BCUT2D eigenvalue weighted by Gasteiger charge is -2.34. The quantitative estimate of drug-likeness (QED) is 0.893. The number of hydrogen-bond donors (Lipinski definition) is 1. The molecule has 2 aromatic rings. The van der Waals surface area contributed by atoms with E-state index in [9.17, 15) is 0 Å². The molecule has 0 spiro atoms. The number of nitrogens with zero attached hydrogens (tertiary/aromatic N) is 3. The molecule has 3 heterocycles. The maximum absolute atomic E-state index is 6.25. The summed E-state index contributed by atoms with van der Waals surface area (Å²) in [4.78, 5) is 2.56. The Labute approximate surface area is 153 Å². The fourth-order valence-corrected chi connectivity index (χ4v) is 4.32. The van der Waals surface area contributed by atoms with Gasteiger partial charge in [-0.25, -0.2) is 4.68 Å². The van der Waals surface area contributed by atoms with E-state index in [-0.39, 0.29) is 0 Å². The summed E-state index contributed by atoms with van der Waals surface area (Å²) in [5.74, 6) is 1.88. The largest absolute Gasteiger partial charge is 0.494 e. The lowest BCUT2D eigenvalue weighted by atomic mass is 9.96. The number of nitrogens with one attached hydrogen (secondary N) is 1. The maximum atomic E-state index is 6.25. The highest BCUT2D eigenvalue weighted by atomic mass is 35.5.